The lowest BCUT2D eigenvalue weighted by atomic mass is 10.3. The molecule has 0 atom stereocenters. The van der Waals surface area contributed by atoms with Gasteiger partial charge >= 0.3 is 0 Å². The maximum atomic E-state index is 10.3. The molecule has 0 aliphatic heterocycles. The third kappa shape index (κ3) is 5.97. The molecule has 4 aromatic carbocycles. The van der Waals surface area contributed by atoms with Gasteiger partial charge in [0.15, 0.2) is 14.7 Å². The highest BCUT2D eigenvalue weighted by Gasteiger charge is 2.27. The summed E-state index contributed by atoms with van der Waals surface area (Å²) in [6.45, 7) is 0. The topological polar surface area (TPSA) is 77.4 Å². The van der Waals surface area contributed by atoms with Crippen LogP contribution in [0.1, 0.15) is 0 Å². The van der Waals surface area contributed by atoms with Gasteiger partial charge in [-0.15, -0.1) is 0 Å². The normalized spacial score (nSPS) is 10.9. The Morgan fingerprint density at radius 3 is 1.30 bits per heavy atom. The van der Waals surface area contributed by atoms with Crippen molar-refractivity contribution >= 4 is 21.0 Å². The monoisotopic (exact) mass is 436 g/mol. The lowest BCUT2D eigenvalue weighted by molar-refractivity contribution is 0.463. The van der Waals surface area contributed by atoms with E-state index >= 15 is 0 Å². The molecule has 0 bridgehead atoms. The van der Waals surface area contributed by atoms with E-state index in [0.717, 1.165) is 0 Å². The van der Waals surface area contributed by atoms with Crippen molar-refractivity contribution in [1.29, 1.82) is 0 Å². The lowest BCUT2D eigenvalue weighted by Gasteiger charge is -2.07. The molecule has 0 radical (unpaired) electrons. The zero-order valence-corrected chi connectivity index (χ0v) is 17.6. The molecule has 0 amide bonds. The van der Waals surface area contributed by atoms with Gasteiger partial charge in [0.05, 0.1) is 15.8 Å². The Morgan fingerprint density at radius 1 is 0.567 bits per heavy atom. The van der Waals surface area contributed by atoms with Crippen molar-refractivity contribution in [3.63, 3.8) is 0 Å². The third-order valence-corrected chi connectivity index (χ3v) is 7.14. The maximum absolute atomic E-state index is 10.3. The quantitative estimate of drug-likeness (QED) is 0.358. The van der Waals surface area contributed by atoms with Crippen LogP contribution in [-0.2, 0) is 21.0 Å². The van der Waals surface area contributed by atoms with Gasteiger partial charge in [0.2, 0.25) is 0 Å². The van der Waals surface area contributed by atoms with Crippen LogP contribution in [0.15, 0.2) is 135 Å². The van der Waals surface area contributed by atoms with E-state index < -0.39 is 10.1 Å². The van der Waals surface area contributed by atoms with Gasteiger partial charge in [-0.1, -0.05) is 54.6 Å². The van der Waals surface area contributed by atoms with Crippen LogP contribution in [-0.4, -0.2) is 18.1 Å². The van der Waals surface area contributed by atoms with Crippen LogP contribution in [0.5, 0.6) is 5.75 Å². The first-order valence-electron chi connectivity index (χ1n) is 9.09. The average Bonchev–Trinajstić information content (AvgIpc) is 2.77. The van der Waals surface area contributed by atoms with Crippen molar-refractivity contribution in [3.8, 4) is 5.75 Å². The predicted molar refractivity (Wildman–Crippen MR) is 118 cm³/mol. The van der Waals surface area contributed by atoms with E-state index in [2.05, 4.69) is 48.5 Å². The van der Waals surface area contributed by atoms with Gasteiger partial charge in [0, 0.05) is 0 Å². The molecule has 0 heterocycles. The zero-order chi connectivity index (χ0) is 21.4. The number of aromatic hydroxyl groups is 1. The molecule has 0 saturated heterocycles. The average molecular weight is 437 g/mol. The van der Waals surface area contributed by atoms with Crippen LogP contribution in [0.2, 0.25) is 0 Å². The second kappa shape index (κ2) is 10.1. The van der Waals surface area contributed by atoms with Crippen LogP contribution in [0, 0.1) is 0 Å². The third-order valence-electron chi connectivity index (χ3n) is 4.06. The lowest BCUT2D eigenvalue weighted by Crippen LogP contribution is -2.04. The zero-order valence-electron chi connectivity index (χ0n) is 16.0. The van der Waals surface area contributed by atoms with Crippen LogP contribution in [0.3, 0.4) is 0 Å². The number of benzene rings is 4. The van der Waals surface area contributed by atoms with Crippen molar-refractivity contribution in [2.45, 2.75) is 19.6 Å². The number of rotatable bonds is 4. The van der Waals surface area contributed by atoms with Gasteiger partial charge in [0.25, 0.3) is 0 Å². The van der Waals surface area contributed by atoms with Gasteiger partial charge in [-0.3, -0.25) is 0 Å². The largest absolute Gasteiger partial charge is 0.744 e. The number of hydrogen-bond acceptors (Lipinski definition) is 4. The van der Waals surface area contributed by atoms with E-state index in [-0.39, 0.29) is 15.8 Å². The minimum atomic E-state index is -4.25. The fraction of sp³-hybridized carbons (Fsp3) is 0. The van der Waals surface area contributed by atoms with Gasteiger partial charge in [0.1, 0.15) is 15.9 Å². The Bertz CT molecular complexity index is 1110. The molecule has 0 unspecified atom stereocenters. The first-order chi connectivity index (χ1) is 14.4. The van der Waals surface area contributed by atoms with Gasteiger partial charge in [-0.05, 0) is 60.7 Å². The molecule has 4 aromatic rings. The smallest absolute Gasteiger partial charge is 0.166 e. The van der Waals surface area contributed by atoms with Crippen molar-refractivity contribution in [2.24, 2.45) is 0 Å². The summed E-state index contributed by atoms with van der Waals surface area (Å²) < 4.78 is 30.8. The van der Waals surface area contributed by atoms with Crippen LogP contribution in [0.25, 0.3) is 0 Å². The number of phenols is 1. The maximum Gasteiger partial charge on any atom is 0.166 e. The summed E-state index contributed by atoms with van der Waals surface area (Å²) >= 11 is 0. The standard InChI is InChI=1S/C18H14OS.C6H6O3S/c19-15-11-13-18(14-12-15)20(16-7-3-1-4-8-16)17-9-5-2-6-10-17;7-10(8,9)6-4-2-1-3-5-6/h1-14H;1-5H,(H,7,8,9). The van der Waals surface area contributed by atoms with E-state index in [9.17, 15) is 18.1 Å². The van der Waals surface area contributed by atoms with Crippen LogP contribution in [0.4, 0.5) is 0 Å². The van der Waals surface area contributed by atoms with Crippen molar-refractivity contribution in [2.75, 3.05) is 0 Å². The molecule has 4 rings (SSSR count). The summed E-state index contributed by atoms with van der Waals surface area (Å²) in [4.78, 5) is 3.59. The van der Waals surface area contributed by atoms with E-state index in [1.165, 1.54) is 39.0 Å². The van der Waals surface area contributed by atoms with E-state index in [1.807, 2.05) is 24.3 Å². The van der Waals surface area contributed by atoms with E-state index in [0.29, 0.717) is 5.75 Å². The molecule has 0 spiro atoms. The molecule has 30 heavy (non-hydrogen) atoms. The highest BCUT2D eigenvalue weighted by atomic mass is 32.2. The fourth-order valence-corrected chi connectivity index (χ4v) is 5.26. The first kappa shape index (κ1) is 21.6. The molecular weight excluding hydrogens is 416 g/mol. The molecule has 152 valence electrons. The SMILES string of the molecule is O=S(=O)([O-])c1ccccc1.Oc1ccc([S+](c2ccccc2)c2ccccc2)cc1. The van der Waals surface area contributed by atoms with Crippen molar-refractivity contribution in [1.82, 2.24) is 0 Å². The molecule has 4 nitrogen and oxygen atoms in total. The molecule has 6 heteroatoms. The molecular formula is C24H20O4S2. The van der Waals surface area contributed by atoms with Crippen LogP contribution >= 0.6 is 0 Å². The molecule has 1 N–H and O–H groups in total. The Balaban J connectivity index is 0.000000216. The van der Waals surface area contributed by atoms with Gasteiger partial charge in [-0.2, -0.15) is 0 Å². The summed E-state index contributed by atoms with van der Waals surface area (Å²) in [5.74, 6) is 0.304. The summed E-state index contributed by atoms with van der Waals surface area (Å²) in [7, 11) is -4.39. The Morgan fingerprint density at radius 2 is 0.933 bits per heavy atom. The molecule has 0 saturated carbocycles. The number of phenolic OH excluding ortho intramolecular Hbond substituents is 1. The van der Waals surface area contributed by atoms with E-state index in [1.54, 1.807) is 18.2 Å². The molecule has 0 aliphatic rings. The summed E-state index contributed by atoms with van der Waals surface area (Å²) in [6.07, 6.45) is 0. The minimum Gasteiger partial charge on any atom is -0.744 e. The van der Waals surface area contributed by atoms with Gasteiger partial charge in [-0.25, -0.2) is 8.42 Å². The number of hydrogen-bond donors (Lipinski definition) is 1. The Labute approximate surface area is 179 Å². The molecule has 0 fully saturated rings. The summed E-state index contributed by atoms with van der Waals surface area (Å²) in [6, 6.07) is 35.7. The summed E-state index contributed by atoms with van der Waals surface area (Å²) in [5.41, 5.74) is 0. The molecule has 0 aliphatic carbocycles. The second-order valence-electron chi connectivity index (χ2n) is 6.19. The molecule has 0 aromatic heterocycles. The Kier molecular flexibility index (Phi) is 7.30. The van der Waals surface area contributed by atoms with Crippen molar-refractivity contribution in [3.05, 3.63) is 115 Å². The van der Waals surface area contributed by atoms with Gasteiger partial charge < -0.3 is 9.66 Å². The Hall–Kier alpha value is -3.06. The van der Waals surface area contributed by atoms with Crippen LogP contribution < -0.4 is 0 Å². The highest BCUT2D eigenvalue weighted by Crippen LogP contribution is 2.31. The fourth-order valence-electron chi connectivity index (χ4n) is 2.69. The van der Waals surface area contributed by atoms with Crippen molar-refractivity contribution < 1.29 is 18.1 Å². The van der Waals surface area contributed by atoms with E-state index in [4.69, 9.17) is 0 Å². The predicted octanol–water partition coefficient (Wildman–Crippen LogP) is 5.08. The second-order valence-corrected chi connectivity index (χ2v) is 9.60. The highest BCUT2D eigenvalue weighted by molar-refractivity contribution is 7.97. The minimum absolute atomic E-state index is 0.134. The first-order valence-corrected chi connectivity index (χ1v) is 11.7. The summed E-state index contributed by atoms with van der Waals surface area (Å²) in [5, 5.41) is 9.48.